The molecule has 4 fully saturated rings. The quantitative estimate of drug-likeness (QED) is 0.0260. The topological polar surface area (TPSA) is 153 Å². The van der Waals surface area contributed by atoms with Gasteiger partial charge in [-0.3, -0.25) is 19.2 Å². The zero-order valence-electron chi connectivity index (χ0n) is 71.7. The minimum Gasteiger partial charge on any atom is -0.462 e. The molecule has 610 valence electrons. The summed E-state index contributed by atoms with van der Waals surface area (Å²) in [5, 5.41) is 15.9. The van der Waals surface area contributed by atoms with Crippen molar-refractivity contribution in [1.82, 2.24) is 21.3 Å². The zero-order chi connectivity index (χ0) is 76.4. The van der Waals surface area contributed by atoms with Gasteiger partial charge in [-0.15, -0.1) is 0 Å². The van der Waals surface area contributed by atoms with E-state index in [0.717, 1.165) is 64.2 Å². The first kappa shape index (κ1) is 94.1. The number of hydrogen-bond donors (Lipinski definition) is 4. The summed E-state index contributed by atoms with van der Waals surface area (Å²) in [6.07, 6.45) is 62.2. The van der Waals surface area contributed by atoms with E-state index in [4.69, 9.17) is 18.9 Å². The molecule has 4 rings (SSSR count). The van der Waals surface area contributed by atoms with E-state index < -0.39 is 73.0 Å². The minimum absolute atomic E-state index is 0.265. The van der Waals surface area contributed by atoms with E-state index in [9.17, 15) is 0 Å². The Morgan fingerprint density at radius 1 is 0.250 bits per heavy atom. The average molecular weight is 1460 g/mol. The van der Waals surface area contributed by atoms with Gasteiger partial charge in [-0.1, -0.05) is 310 Å². The SMILES string of the molecule is CCCCCCCCCCCCCC1(C)CC(OC(=O)CC(C(=O)OC2CC(C)(C)NC(C)(CCCCCCCCCCCCC)C2)C(CC(=O)OC2CC(C)(C)NC(C)(CCCCCCCCCCCCC)C2)C(=O)OC2CC(C)(C)NC(C)(CCCCCCCCCCCCC)C2)CC(C)(C)N1. The number of rotatable bonds is 59. The molecule has 4 aliphatic rings. The Kier molecular flexibility index (Phi) is 45.1. The van der Waals surface area contributed by atoms with Crippen LogP contribution in [0.3, 0.4) is 0 Å². The molecule has 0 aromatic heterocycles. The van der Waals surface area contributed by atoms with Gasteiger partial charge in [0, 0.05) is 95.7 Å². The summed E-state index contributed by atoms with van der Waals surface area (Å²) in [5.41, 5.74) is -2.50. The highest BCUT2D eigenvalue weighted by Crippen LogP contribution is 2.41. The van der Waals surface area contributed by atoms with Crippen molar-refractivity contribution < 1.29 is 38.1 Å². The first-order chi connectivity index (χ1) is 49.4. The van der Waals surface area contributed by atoms with Gasteiger partial charge in [0.15, 0.2) is 0 Å². The average Bonchev–Trinajstić information content (AvgIpc) is 0.806. The second-order valence-corrected chi connectivity index (χ2v) is 39.0. The van der Waals surface area contributed by atoms with Gasteiger partial charge in [-0.25, -0.2) is 0 Å². The van der Waals surface area contributed by atoms with Crippen LogP contribution in [-0.2, 0) is 38.1 Å². The summed E-state index contributed by atoms with van der Waals surface area (Å²) in [4.78, 5) is 62.3. The highest BCUT2D eigenvalue weighted by atomic mass is 16.6. The van der Waals surface area contributed by atoms with Crippen molar-refractivity contribution in [3.05, 3.63) is 0 Å². The van der Waals surface area contributed by atoms with E-state index >= 15 is 19.2 Å². The number of carbonyl (C=O) groups excluding carboxylic acids is 4. The third kappa shape index (κ3) is 41.1. The van der Waals surface area contributed by atoms with E-state index in [1.165, 1.54) is 244 Å². The molecule has 0 spiro atoms. The van der Waals surface area contributed by atoms with Gasteiger partial charge in [-0.05, 0) is 109 Å². The Morgan fingerprint density at radius 3 is 0.596 bits per heavy atom. The lowest BCUT2D eigenvalue weighted by atomic mass is 9.77. The smallest absolute Gasteiger partial charge is 0.310 e. The Bertz CT molecular complexity index is 2150. The maximum absolute atomic E-state index is 15.9. The van der Waals surface area contributed by atoms with Gasteiger partial charge < -0.3 is 40.2 Å². The molecule has 4 saturated heterocycles. The molecule has 104 heavy (non-hydrogen) atoms. The first-order valence-corrected chi connectivity index (χ1v) is 45.3. The highest BCUT2D eigenvalue weighted by Gasteiger charge is 2.50. The molecular weight excluding hydrogens is 1290 g/mol. The van der Waals surface area contributed by atoms with Gasteiger partial charge >= 0.3 is 23.9 Å². The van der Waals surface area contributed by atoms with Gasteiger partial charge in [0.1, 0.15) is 24.4 Å². The van der Waals surface area contributed by atoms with Gasteiger partial charge in [0.05, 0.1) is 24.7 Å². The van der Waals surface area contributed by atoms with Crippen molar-refractivity contribution in [2.75, 3.05) is 0 Å². The number of carbonyl (C=O) groups is 4. The second-order valence-electron chi connectivity index (χ2n) is 39.0. The van der Waals surface area contributed by atoms with Crippen LogP contribution >= 0.6 is 0 Å². The second kappa shape index (κ2) is 49.9. The van der Waals surface area contributed by atoms with Crippen LogP contribution in [0, 0.1) is 11.8 Å². The number of nitrogens with one attached hydrogen (secondary N) is 4. The molecule has 0 aromatic rings. The number of unbranched alkanes of at least 4 members (excludes halogenated alkanes) is 40. The fourth-order valence-electron chi connectivity index (χ4n) is 20.1. The van der Waals surface area contributed by atoms with Crippen LogP contribution < -0.4 is 21.3 Å². The van der Waals surface area contributed by atoms with Crippen molar-refractivity contribution >= 4 is 23.9 Å². The highest BCUT2D eigenvalue weighted by molar-refractivity contribution is 5.89. The fraction of sp³-hybridized carbons (Fsp3) is 0.957. The van der Waals surface area contributed by atoms with Crippen LogP contribution in [0.2, 0.25) is 0 Å². The molecule has 10 unspecified atom stereocenters. The van der Waals surface area contributed by atoms with Crippen LogP contribution in [0.1, 0.15) is 483 Å². The van der Waals surface area contributed by atoms with Crippen molar-refractivity contribution in [3.8, 4) is 0 Å². The van der Waals surface area contributed by atoms with Crippen molar-refractivity contribution in [1.29, 1.82) is 0 Å². The molecule has 0 radical (unpaired) electrons. The van der Waals surface area contributed by atoms with Gasteiger partial charge in [0.2, 0.25) is 0 Å². The first-order valence-electron chi connectivity index (χ1n) is 45.3. The lowest BCUT2D eigenvalue weighted by Gasteiger charge is -2.48. The molecule has 0 amide bonds. The standard InChI is InChI=1S/C92H174N4O8/c1-17-21-25-29-33-37-41-45-49-53-57-61-89(13)71-75(67-85(5,6)93-89)101-81(97)65-79(83(99)103-77-69-87(9,10)95-91(15,73-77)63-59-55-51-47-43-39-35-31-27-23-19-3)80(84(100)104-78-70-88(11,12)96-92(16,74-78)64-60-56-52-48-44-40-36-32-28-24-20-4)66-82(98)102-76-68-86(7,8)94-90(14,72-76)62-58-54-50-46-42-38-34-30-26-22-18-2/h75-80,93-96H,17-74H2,1-16H3. The Morgan fingerprint density at radius 2 is 0.413 bits per heavy atom. The molecule has 0 bridgehead atoms. The molecule has 0 aromatic carbocycles. The van der Waals surface area contributed by atoms with Crippen LogP contribution in [0.15, 0.2) is 0 Å². The fourth-order valence-corrected chi connectivity index (χ4v) is 20.1. The van der Waals surface area contributed by atoms with Crippen LogP contribution in [-0.4, -0.2) is 92.6 Å². The number of ether oxygens (including phenoxy) is 4. The number of piperidine rings is 4. The van der Waals surface area contributed by atoms with Crippen molar-refractivity contribution in [3.63, 3.8) is 0 Å². The predicted octanol–water partition coefficient (Wildman–Crippen LogP) is 25.1. The summed E-state index contributed by atoms with van der Waals surface area (Å²) in [6, 6.07) is 0. The molecule has 0 aliphatic carbocycles. The summed E-state index contributed by atoms with van der Waals surface area (Å²) in [6.45, 7) is 35.8. The van der Waals surface area contributed by atoms with Crippen LogP contribution in [0.5, 0.6) is 0 Å². The van der Waals surface area contributed by atoms with Crippen LogP contribution in [0.4, 0.5) is 0 Å². The third-order valence-electron chi connectivity index (χ3n) is 24.6. The summed E-state index contributed by atoms with van der Waals surface area (Å²) < 4.78 is 27.0. The Hall–Kier alpha value is -2.28. The predicted molar refractivity (Wildman–Crippen MR) is 439 cm³/mol. The monoisotopic (exact) mass is 1460 g/mol. The van der Waals surface area contributed by atoms with E-state index in [1.807, 2.05) is 0 Å². The molecule has 10 atom stereocenters. The van der Waals surface area contributed by atoms with E-state index in [1.54, 1.807) is 0 Å². The van der Waals surface area contributed by atoms with E-state index in [0.29, 0.717) is 51.4 Å². The maximum atomic E-state index is 15.9. The van der Waals surface area contributed by atoms with E-state index in [-0.39, 0.29) is 44.3 Å². The van der Waals surface area contributed by atoms with E-state index in [2.05, 4.69) is 132 Å². The zero-order valence-corrected chi connectivity index (χ0v) is 71.7. The van der Waals surface area contributed by atoms with Crippen molar-refractivity contribution in [2.24, 2.45) is 11.8 Å². The number of esters is 4. The summed E-state index contributed by atoms with van der Waals surface area (Å²) >= 11 is 0. The van der Waals surface area contributed by atoms with Gasteiger partial charge in [-0.2, -0.15) is 0 Å². The molecule has 4 aliphatic heterocycles. The summed E-state index contributed by atoms with van der Waals surface area (Å²) in [7, 11) is 0. The largest absolute Gasteiger partial charge is 0.462 e. The number of hydrogen-bond acceptors (Lipinski definition) is 12. The molecule has 4 heterocycles. The molecule has 4 N–H and O–H groups in total. The normalized spacial score (nSPS) is 26.3. The maximum Gasteiger partial charge on any atom is 0.310 e. The minimum atomic E-state index is -1.36. The lowest BCUT2D eigenvalue weighted by molar-refractivity contribution is -0.178. The molecular formula is C92H174N4O8. The van der Waals surface area contributed by atoms with Crippen LogP contribution in [0.25, 0.3) is 0 Å². The molecule has 12 heteroatoms. The summed E-state index contributed by atoms with van der Waals surface area (Å²) in [5.74, 6) is -5.10. The third-order valence-corrected chi connectivity index (χ3v) is 24.6. The lowest BCUT2D eigenvalue weighted by Crippen LogP contribution is -2.61. The molecule has 12 nitrogen and oxygen atoms in total. The van der Waals surface area contributed by atoms with Gasteiger partial charge in [0.25, 0.3) is 0 Å². The Labute approximate surface area is 643 Å². The molecule has 0 saturated carbocycles. The Balaban J connectivity index is 1.64. The van der Waals surface area contributed by atoms with Crippen molar-refractivity contribution in [2.45, 2.75) is 552 Å².